The number of hydrogen-bond donors (Lipinski definition) is 3. The van der Waals surface area contributed by atoms with Crippen molar-refractivity contribution in [3.8, 4) is 0 Å². The molecule has 10 nitrogen and oxygen atoms in total. The number of alkyl halides is 2. The minimum absolute atomic E-state index is 0.137. The maximum absolute atomic E-state index is 13.3. The number of anilines is 3. The first-order valence-corrected chi connectivity index (χ1v) is 13.8. The quantitative estimate of drug-likeness (QED) is 0.319. The zero-order valence-electron chi connectivity index (χ0n) is 22.9. The Hall–Kier alpha value is -3.64. The highest BCUT2D eigenvalue weighted by Crippen LogP contribution is 2.26. The zero-order chi connectivity index (χ0) is 28.1. The van der Waals surface area contributed by atoms with E-state index in [1.807, 2.05) is 24.4 Å². The molecule has 2 aliphatic heterocycles. The standard InChI is InChI=1S/C28H36F2N8O2/c1-19(2)23-17-32-38-25(23)35-26(34-21-8-13-40-14-9-21)36-27(38)31-16-20-5-3-6-22(15-20)33-24(39)7-4-11-37-12-10-28(29,30)18-37/h3-7,15,17,19,21H,8-14,16,18H2,1-2H3,(H,33,39)(H2,31,34,35,36). The fourth-order valence-corrected chi connectivity index (χ4v) is 4.90. The number of halogens is 2. The Balaban J connectivity index is 1.24. The Kier molecular flexibility index (Phi) is 8.55. The van der Waals surface area contributed by atoms with Gasteiger partial charge in [-0.05, 0) is 36.5 Å². The van der Waals surface area contributed by atoms with Gasteiger partial charge in [0.15, 0.2) is 5.65 Å². The average Bonchev–Trinajstić information content (AvgIpc) is 3.51. The molecule has 0 atom stereocenters. The fourth-order valence-electron chi connectivity index (χ4n) is 4.90. The maximum atomic E-state index is 13.3. The summed E-state index contributed by atoms with van der Waals surface area (Å²) < 4.78 is 33.9. The number of carbonyl (C=O) groups is 1. The third-order valence-corrected chi connectivity index (χ3v) is 7.10. The highest BCUT2D eigenvalue weighted by atomic mass is 19.3. The van der Waals surface area contributed by atoms with Gasteiger partial charge in [0.1, 0.15) is 0 Å². The van der Waals surface area contributed by atoms with E-state index in [-0.39, 0.29) is 30.8 Å². The van der Waals surface area contributed by atoms with Crippen LogP contribution in [0.15, 0.2) is 42.6 Å². The van der Waals surface area contributed by atoms with Crippen LogP contribution in [0.3, 0.4) is 0 Å². The van der Waals surface area contributed by atoms with Crippen LogP contribution in [0.25, 0.3) is 5.65 Å². The van der Waals surface area contributed by atoms with Crippen LogP contribution >= 0.6 is 0 Å². The molecule has 214 valence electrons. The Morgan fingerprint density at radius 2 is 2.08 bits per heavy atom. The maximum Gasteiger partial charge on any atom is 0.261 e. The van der Waals surface area contributed by atoms with E-state index in [0.29, 0.717) is 37.2 Å². The van der Waals surface area contributed by atoms with Crippen molar-refractivity contribution >= 4 is 29.1 Å². The molecule has 2 aromatic heterocycles. The van der Waals surface area contributed by atoms with Crippen molar-refractivity contribution in [2.45, 2.75) is 57.5 Å². The summed E-state index contributed by atoms with van der Waals surface area (Å²) in [6.07, 6.45) is 6.49. The van der Waals surface area contributed by atoms with Gasteiger partial charge < -0.3 is 20.7 Å². The number of nitrogens with one attached hydrogen (secondary N) is 3. The lowest BCUT2D eigenvalue weighted by molar-refractivity contribution is -0.111. The second-order valence-electron chi connectivity index (χ2n) is 10.7. The molecule has 3 N–H and O–H groups in total. The van der Waals surface area contributed by atoms with Gasteiger partial charge in [-0.3, -0.25) is 9.69 Å². The van der Waals surface area contributed by atoms with Crippen molar-refractivity contribution in [1.82, 2.24) is 24.5 Å². The van der Waals surface area contributed by atoms with Gasteiger partial charge in [-0.2, -0.15) is 19.6 Å². The number of benzene rings is 1. The molecule has 0 aliphatic carbocycles. The number of nitrogens with zero attached hydrogens (tertiary/aromatic N) is 5. The molecule has 2 saturated heterocycles. The number of ether oxygens (including phenoxy) is 1. The van der Waals surface area contributed by atoms with E-state index < -0.39 is 5.92 Å². The normalized spacial score (nSPS) is 18.1. The molecule has 2 fully saturated rings. The minimum atomic E-state index is -2.64. The Bertz CT molecular complexity index is 1350. The van der Waals surface area contributed by atoms with E-state index in [9.17, 15) is 13.6 Å². The lowest BCUT2D eigenvalue weighted by Crippen LogP contribution is -2.29. The highest BCUT2D eigenvalue weighted by molar-refractivity contribution is 5.99. The molecule has 0 spiro atoms. The zero-order valence-corrected chi connectivity index (χ0v) is 22.9. The van der Waals surface area contributed by atoms with Crippen LogP contribution in [0.5, 0.6) is 0 Å². The Labute approximate surface area is 232 Å². The average molecular weight is 555 g/mol. The van der Waals surface area contributed by atoms with Crippen LogP contribution in [-0.2, 0) is 16.1 Å². The molecule has 2 aliphatic rings. The van der Waals surface area contributed by atoms with Gasteiger partial charge in [-0.25, -0.2) is 8.78 Å². The second kappa shape index (κ2) is 12.3. The van der Waals surface area contributed by atoms with Crippen LogP contribution in [0.2, 0.25) is 0 Å². The molecule has 4 heterocycles. The van der Waals surface area contributed by atoms with Crippen molar-refractivity contribution in [1.29, 1.82) is 0 Å². The summed E-state index contributed by atoms with van der Waals surface area (Å²) in [6, 6.07) is 7.74. The molecular weight excluding hydrogens is 518 g/mol. The number of hydrogen-bond acceptors (Lipinski definition) is 8. The minimum Gasteiger partial charge on any atom is -0.381 e. The van der Waals surface area contributed by atoms with Crippen molar-refractivity contribution in [2.24, 2.45) is 0 Å². The topological polar surface area (TPSA) is 109 Å². The number of fused-ring (bicyclic) bond motifs is 1. The first-order valence-electron chi connectivity index (χ1n) is 13.8. The van der Waals surface area contributed by atoms with Gasteiger partial charge in [0, 0.05) is 62.6 Å². The van der Waals surface area contributed by atoms with E-state index in [4.69, 9.17) is 14.7 Å². The molecule has 40 heavy (non-hydrogen) atoms. The van der Waals surface area contributed by atoms with Gasteiger partial charge in [-0.15, -0.1) is 0 Å². The molecule has 1 amide bonds. The third-order valence-electron chi connectivity index (χ3n) is 7.10. The van der Waals surface area contributed by atoms with Crippen LogP contribution in [0.1, 0.15) is 50.2 Å². The number of amides is 1. The summed E-state index contributed by atoms with van der Waals surface area (Å²) >= 11 is 0. The molecule has 3 aromatic rings. The van der Waals surface area contributed by atoms with E-state index in [0.717, 1.165) is 42.8 Å². The van der Waals surface area contributed by atoms with Gasteiger partial charge in [0.25, 0.3) is 5.92 Å². The first-order chi connectivity index (χ1) is 19.3. The summed E-state index contributed by atoms with van der Waals surface area (Å²) in [4.78, 5) is 23.5. The van der Waals surface area contributed by atoms with Gasteiger partial charge >= 0.3 is 0 Å². The summed E-state index contributed by atoms with van der Waals surface area (Å²) in [5, 5.41) is 14.2. The predicted molar refractivity (Wildman–Crippen MR) is 150 cm³/mol. The largest absolute Gasteiger partial charge is 0.381 e. The Morgan fingerprint density at radius 1 is 1.25 bits per heavy atom. The Morgan fingerprint density at radius 3 is 2.83 bits per heavy atom. The SMILES string of the molecule is CC(C)c1cnn2c(NCc3cccc(NC(=O)C=CCN4CCC(F)(F)C4)c3)nc(NC3CCOCC3)nc12. The van der Waals surface area contributed by atoms with Crippen molar-refractivity contribution in [2.75, 3.05) is 48.8 Å². The third kappa shape index (κ3) is 7.11. The monoisotopic (exact) mass is 554 g/mol. The van der Waals surface area contributed by atoms with Crippen LogP contribution < -0.4 is 16.0 Å². The summed E-state index contributed by atoms with van der Waals surface area (Å²) in [7, 11) is 0. The fraction of sp³-hybridized carbons (Fsp3) is 0.500. The van der Waals surface area contributed by atoms with Crippen molar-refractivity contribution in [3.63, 3.8) is 0 Å². The molecular formula is C28H36F2N8O2. The molecule has 5 rings (SSSR count). The van der Waals surface area contributed by atoms with Gasteiger partial charge in [0.2, 0.25) is 17.8 Å². The number of rotatable bonds is 10. The molecule has 0 bridgehead atoms. The number of carbonyl (C=O) groups excluding carboxylic acids is 1. The van der Waals surface area contributed by atoms with E-state index in [1.54, 1.807) is 21.6 Å². The van der Waals surface area contributed by atoms with Gasteiger partial charge in [0.05, 0.1) is 12.7 Å². The van der Waals surface area contributed by atoms with Crippen LogP contribution in [0.4, 0.5) is 26.4 Å². The predicted octanol–water partition coefficient (Wildman–Crippen LogP) is 4.29. The van der Waals surface area contributed by atoms with E-state index in [2.05, 4.69) is 34.9 Å². The molecule has 1 aromatic carbocycles. The summed E-state index contributed by atoms with van der Waals surface area (Å²) in [5.74, 6) is -1.58. The van der Waals surface area contributed by atoms with Crippen LogP contribution in [-0.4, -0.2) is 75.2 Å². The lowest BCUT2D eigenvalue weighted by Gasteiger charge is -2.23. The summed E-state index contributed by atoms with van der Waals surface area (Å²) in [6.45, 7) is 6.48. The molecule has 0 saturated carbocycles. The van der Waals surface area contributed by atoms with E-state index >= 15 is 0 Å². The molecule has 12 heteroatoms. The number of aromatic nitrogens is 4. The van der Waals surface area contributed by atoms with Crippen LogP contribution in [0, 0.1) is 0 Å². The first kappa shape index (κ1) is 27.9. The van der Waals surface area contributed by atoms with Crippen molar-refractivity contribution < 1.29 is 18.3 Å². The lowest BCUT2D eigenvalue weighted by atomic mass is 10.1. The van der Waals surface area contributed by atoms with Gasteiger partial charge in [-0.1, -0.05) is 32.1 Å². The molecule has 0 radical (unpaired) electrons. The second-order valence-corrected chi connectivity index (χ2v) is 10.7. The molecule has 0 unspecified atom stereocenters. The van der Waals surface area contributed by atoms with Crippen molar-refractivity contribution in [3.05, 3.63) is 53.7 Å². The number of likely N-dealkylation sites (tertiary alicyclic amines) is 1. The summed E-state index contributed by atoms with van der Waals surface area (Å²) in [5.41, 5.74) is 3.37. The highest BCUT2D eigenvalue weighted by Gasteiger charge is 2.37. The van der Waals surface area contributed by atoms with E-state index in [1.165, 1.54) is 6.08 Å². The smallest absolute Gasteiger partial charge is 0.261 e.